The molecular formula is C17H15NO. The van der Waals surface area contributed by atoms with Crippen LogP contribution in [0.5, 0.6) is 0 Å². The van der Waals surface area contributed by atoms with Crippen molar-refractivity contribution >= 4 is 10.9 Å². The Labute approximate surface area is 111 Å². The van der Waals surface area contributed by atoms with Crippen molar-refractivity contribution in [2.24, 2.45) is 0 Å². The zero-order valence-electron chi connectivity index (χ0n) is 11.0. The van der Waals surface area contributed by atoms with E-state index < -0.39 is 0 Å². The number of hydrogen-bond donors (Lipinski definition) is 1. The van der Waals surface area contributed by atoms with Crippen molar-refractivity contribution in [1.82, 2.24) is 4.98 Å². The maximum absolute atomic E-state index is 11.5. The van der Waals surface area contributed by atoms with Gasteiger partial charge in [-0.3, -0.25) is 4.79 Å². The topological polar surface area (TPSA) is 32.9 Å². The summed E-state index contributed by atoms with van der Waals surface area (Å²) in [5, 5.41) is 1.10. The number of H-pyrrole nitrogens is 1. The molecule has 0 aliphatic rings. The van der Waals surface area contributed by atoms with Gasteiger partial charge in [0.15, 0.2) is 0 Å². The number of aryl methyl sites for hydroxylation is 2. The number of pyridine rings is 1. The largest absolute Gasteiger partial charge is 0.322 e. The van der Waals surface area contributed by atoms with Crippen molar-refractivity contribution in [3.63, 3.8) is 0 Å². The quantitative estimate of drug-likeness (QED) is 0.699. The maximum atomic E-state index is 11.5. The van der Waals surface area contributed by atoms with E-state index in [9.17, 15) is 4.79 Å². The molecule has 0 aliphatic heterocycles. The number of aromatic nitrogens is 1. The monoisotopic (exact) mass is 249 g/mol. The Hall–Kier alpha value is -2.35. The molecule has 1 N–H and O–H groups in total. The highest BCUT2D eigenvalue weighted by Crippen LogP contribution is 2.26. The summed E-state index contributed by atoms with van der Waals surface area (Å²) in [6.07, 6.45) is 0. The van der Waals surface area contributed by atoms with E-state index in [1.807, 2.05) is 25.1 Å². The summed E-state index contributed by atoms with van der Waals surface area (Å²) in [6.45, 7) is 4.08. The molecule has 19 heavy (non-hydrogen) atoms. The second kappa shape index (κ2) is 4.39. The van der Waals surface area contributed by atoms with Crippen LogP contribution >= 0.6 is 0 Å². The minimum atomic E-state index is -0.0476. The number of fused-ring (bicyclic) bond motifs is 1. The van der Waals surface area contributed by atoms with Crippen LogP contribution in [-0.4, -0.2) is 4.98 Å². The van der Waals surface area contributed by atoms with Crippen molar-refractivity contribution in [3.8, 4) is 11.1 Å². The van der Waals surface area contributed by atoms with Crippen molar-refractivity contribution in [2.75, 3.05) is 0 Å². The molecule has 2 heteroatoms. The predicted octanol–water partition coefficient (Wildman–Crippen LogP) is 3.81. The van der Waals surface area contributed by atoms with Gasteiger partial charge in [0.05, 0.1) is 0 Å². The van der Waals surface area contributed by atoms with E-state index in [4.69, 9.17) is 0 Å². The van der Waals surface area contributed by atoms with E-state index in [1.54, 1.807) is 6.07 Å². The number of rotatable bonds is 1. The van der Waals surface area contributed by atoms with Crippen molar-refractivity contribution < 1.29 is 0 Å². The highest BCUT2D eigenvalue weighted by molar-refractivity contribution is 5.87. The first kappa shape index (κ1) is 11.7. The van der Waals surface area contributed by atoms with Crippen LogP contribution in [0, 0.1) is 13.8 Å². The average molecular weight is 249 g/mol. The Morgan fingerprint density at radius 2 is 1.68 bits per heavy atom. The van der Waals surface area contributed by atoms with Gasteiger partial charge in [0, 0.05) is 17.0 Å². The Balaban J connectivity index is 2.28. The van der Waals surface area contributed by atoms with Gasteiger partial charge in [0.25, 0.3) is 0 Å². The van der Waals surface area contributed by atoms with Gasteiger partial charge in [-0.05, 0) is 48.2 Å². The maximum Gasteiger partial charge on any atom is 0.248 e. The van der Waals surface area contributed by atoms with Crippen LogP contribution in [0.3, 0.4) is 0 Å². The zero-order valence-corrected chi connectivity index (χ0v) is 11.0. The molecule has 0 saturated carbocycles. The third-order valence-electron chi connectivity index (χ3n) is 3.51. The van der Waals surface area contributed by atoms with Crippen LogP contribution in [0.25, 0.3) is 22.0 Å². The van der Waals surface area contributed by atoms with E-state index >= 15 is 0 Å². The van der Waals surface area contributed by atoms with Crippen molar-refractivity contribution in [1.29, 1.82) is 0 Å². The van der Waals surface area contributed by atoms with E-state index in [2.05, 4.69) is 36.2 Å². The lowest BCUT2D eigenvalue weighted by atomic mass is 9.98. The summed E-state index contributed by atoms with van der Waals surface area (Å²) in [6, 6.07) is 16.1. The van der Waals surface area contributed by atoms with Gasteiger partial charge in [0.2, 0.25) is 5.56 Å². The highest BCUT2D eigenvalue weighted by atomic mass is 16.1. The lowest BCUT2D eigenvalue weighted by molar-refractivity contribution is 1.28. The molecule has 0 aliphatic carbocycles. The number of hydrogen-bond acceptors (Lipinski definition) is 1. The van der Waals surface area contributed by atoms with E-state index in [0.717, 1.165) is 16.5 Å². The van der Waals surface area contributed by atoms with Gasteiger partial charge < -0.3 is 4.98 Å². The van der Waals surface area contributed by atoms with E-state index in [0.29, 0.717) is 0 Å². The Morgan fingerprint density at radius 3 is 2.47 bits per heavy atom. The molecule has 3 rings (SSSR count). The van der Waals surface area contributed by atoms with Crippen molar-refractivity contribution in [2.45, 2.75) is 13.8 Å². The second-order valence-electron chi connectivity index (χ2n) is 4.89. The van der Waals surface area contributed by atoms with Crippen LogP contribution in [-0.2, 0) is 0 Å². The molecule has 0 spiro atoms. The van der Waals surface area contributed by atoms with Gasteiger partial charge >= 0.3 is 0 Å². The number of benzene rings is 2. The molecule has 0 fully saturated rings. The van der Waals surface area contributed by atoms with Gasteiger partial charge in [-0.1, -0.05) is 30.3 Å². The fraction of sp³-hybridized carbons (Fsp3) is 0.118. The molecule has 0 amide bonds. The molecule has 0 bridgehead atoms. The summed E-state index contributed by atoms with van der Waals surface area (Å²) in [5.74, 6) is 0. The molecule has 2 aromatic carbocycles. The smallest absolute Gasteiger partial charge is 0.248 e. The molecule has 94 valence electrons. The van der Waals surface area contributed by atoms with Gasteiger partial charge in [-0.15, -0.1) is 0 Å². The minimum absolute atomic E-state index is 0.0476. The van der Waals surface area contributed by atoms with E-state index in [-0.39, 0.29) is 5.56 Å². The normalized spacial score (nSPS) is 10.8. The van der Waals surface area contributed by atoms with Gasteiger partial charge in [-0.25, -0.2) is 0 Å². The summed E-state index contributed by atoms with van der Waals surface area (Å²) < 4.78 is 0. The Morgan fingerprint density at radius 1 is 0.895 bits per heavy atom. The van der Waals surface area contributed by atoms with Crippen LogP contribution in [0.15, 0.2) is 53.3 Å². The molecule has 2 nitrogen and oxygen atoms in total. The molecule has 1 heterocycles. The molecule has 0 radical (unpaired) electrons. The summed E-state index contributed by atoms with van der Waals surface area (Å²) >= 11 is 0. The first-order valence-corrected chi connectivity index (χ1v) is 6.35. The lowest BCUT2D eigenvalue weighted by Gasteiger charge is -2.08. The standard InChI is InChI=1S/C17H15NO/c1-11-5-3-4-6-14(11)13-7-8-16-15(10-13)12(2)9-17(19)18-16/h3-10H,1-2H3,(H,18,19). The summed E-state index contributed by atoms with van der Waals surface area (Å²) in [5.41, 5.74) is 5.52. The van der Waals surface area contributed by atoms with Crippen LogP contribution < -0.4 is 5.56 Å². The van der Waals surface area contributed by atoms with E-state index in [1.165, 1.54) is 16.7 Å². The van der Waals surface area contributed by atoms with Crippen LogP contribution in [0.4, 0.5) is 0 Å². The fourth-order valence-electron chi connectivity index (χ4n) is 2.49. The van der Waals surface area contributed by atoms with Gasteiger partial charge in [-0.2, -0.15) is 0 Å². The van der Waals surface area contributed by atoms with Crippen LogP contribution in [0.1, 0.15) is 11.1 Å². The summed E-state index contributed by atoms with van der Waals surface area (Å²) in [4.78, 5) is 14.3. The molecular weight excluding hydrogens is 234 g/mol. The third kappa shape index (κ3) is 2.06. The van der Waals surface area contributed by atoms with Crippen molar-refractivity contribution in [3.05, 3.63) is 70.0 Å². The Bertz CT molecular complexity index is 815. The molecule has 0 saturated heterocycles. The number of aromatic amines is 1. The number of nitrogens with one attached hydrogen (secondary N) is 1. The molecule has 1 aromatic heterocycles. The highest BCUT2D eigenvalue weighted by Gasteiger charge is 2.04. The fourth-order valence-corrected chi connectivity index (χ4v) is 2.49. The minimum Gasteiger partial charge on any atom is -0.322 e. The Kier molecular flexibility index (Phi) is 2.71. The van der Waals surface area contributed by atoms with Gasteiger partial charge in [0.1, 0.15) is 0 Å². The SMILES string of the molecule is Cc1ccccc1-c1ccc2[nH]c(=O)cc(C)c2c1. The second-order valence-corrected chi connectivity index (χ2v) is 4.89. The van der Waals surface area contributed by atoms with Crippen LogP contribution in [0.2, 0.25) is 0 Å². The first-order valence-electron chi connectivity index (χ1n) is 6.35. The summed E-state index contributed by atoms with van der Waals surface area (Å²) in [7, 11) is 0. The first-order chi connectivity index (χ1) is 9.15. The zero-order chi connectivity index (χ0) is 13.4. The lowest BCUT2D eigenvalue weighted by Crippen LogP contribution is -2.04. The average Bonchev–Trinajstić information content (AvgIpc) is 2.39. The molecule has 0 unspecified atom stereocenters. The predicted molar refractivity (Wildman–Crippen MR) is 79.5 cm³/mol. The third-order valence-corrected chi connectivity index (χ3v) is 3.51. The molecule has 0 atom stereocenters. The molecule has 3 aromatic rings.